The van der Waals surface area contributed by atoms with Gasteiger partial charge in [0.15, 0.2) is 0 Å². The van der Waals surface area contributed by atoms with Gasteiger partial charge in [-0.15, -0.1) is 11.3 Å². The van der Waals surface area contributed by atoms with Crippen molar-refractivity contribution in [2.45, 2.75) is 12.6 Å². The molecule has 0 spiro atoms. The first-order valence-corrected chi connectivity index (χ1v) is 8.42. The molecule has 2 N–H and O–H groups in total. The highest BCUT2D eigenvalue weighted by molar-refractivity contribution is 7.14. The van der Waals surface area contributed by atoms with E-state index in [1.807, 2.05) is 36.5 Å². The number of thiazole rings is 1. The molecule has 0 fully saturated rings. The largest absolute Gasteiger partial charge is 0.387 e. The van der Waals surface area contributed by atoms with Gasteiger partial charge in [0.25, 0.3) is 0 Å². The molecule has 0 aliphatic carbocycles. The number of aliphatic hydroxyl groups excluding tert-OH is 1. The number of rotatable bonds is 6. The monoisotopic (exact) mass is 345 g/mol. The lowest BCUT2D eigenvalue weighted by Crippen LogP contribution is -2.20. The van der Waals surface area contributed by atoms with Gasteiger partial charge in [0.1, 0.15) is 5.01 Å². The minimum atomic E-state index is -0.560. The highest BCUT2D eigenvalue weighted by atomic mass is 35.5. The Morgan fingerprint density at radius 3 is 2.70 bits per heavy atom. The van der Waals surface area contributed by atoms with Crippen molar-refractivity contribution in [3.8, 4) is 10.7 Å². The number of hydrogen-bond acceptors (Lipinski definition) is 5. The zero-order valence-electron chi connectivity index (χ0n) is 12.3. The van der Waals surface area contributed by atoms with Crippen LogP contribution in [0.25, 0.3) is 10.7 Å². The number of benzene rings is 1. The second kappa shape index (κ2) is 7.66. The SMILES string of the molecule is OC(CNCc1cnc(-c2ccccn2)s1)c1ccc(Cl)cc1. The molecule has 2 aromatic heterocycles. The van der Waals surface area contributed by atoms with E-state index < -0.39 is 6.10 Å². The van der Waals surface area contributed by atoms with E-state index in [0.717, 1.165) is 21.1 Å². The highest BCUT2D eigenvalue weighted by Crippen LogP contribution is 2.23. The van der Waals surface area contributed by atoms with Crippen molar-refractivity contribution in [3.63, 3.8) is 0 Å². The molecule has 3 rings (SSSR count). The van der Waals surface area contributed by atoms with Gasteiger partial charge in [-0.1, -0.05) is 29.8 Å². The lowest BCUT2D eigenvalue weighted by atomic mass is 10.1. The highest BCUT2D eigenvalue weighted by Gasteiger charge is 2.08. The van der Waals surface area contributed by atoms with Gasteiger partial charge in [-0.3, -0.25) is 4.98 Å². The lowest BCUT2D eigenvalue weighted by molar-refractivity contribution is 0.174. The Bertz CT molecular complexity index is 746. The lowest BCUT2D eigenvalue weighted by Gasteiger charge is -2.11. The van der Waals surface area contributed by atoms with Gasteiger partial charge in [-0.25, -0.2) is 4.98 Å². The number of nitrogens with zero attached hydrogens (tertiary/aromatic N) is 2. The molecule has 0 radical (unpaired) electrons. The van der Waals surface area contributed by atoms with E-state index in [2.05, 4.69) is 15.3 Å². The molecule has 0 saturated heterocycles. The Morgan fingerprint density at radius 1 is 1.13 bits per heavy atom. The predicted molar refractivity (Wildman–Crippen MR) is 93.5 cm³/mol. The normalized spacial score (nSPS) is 12.3. The Morgan fingerprint density at radius 2 is 1.96 bits per heavy atom. The van der Waals surface area contributed by atoms with Gasteiger partial charge < -0.3 is 10.4 Å². The molecule has 1 unspecified atom stereocenters. The number of aliphatic hydroxyl groups is 1. The number of nitrogens with one attached hydrogen (secondary N) is 1. The standard InChI is InChI=1S/C17H16ClN3OS/c18-13-6-4-12(5-7-13)16(22)11-19-9-14-10-21-17(23-14)15-3-1-2-8-20-15/h1-8,10,16,19,22H,9,11H2. The van der Waals surface area contributed by atoms with Crippen molar-refractivity contribution in [2.75, 3.05) is 6.54 Å². The van der Waals surface area contributed by atoms with Crippen LogP contribution in [0.1, 0.15) is 16.5 Å². The molecule has 118 valence electrons. The van der Waals surface area contributed by atoms with Crippen LogP contribution >= 0.6 is 22.9 Å². The maximum Gasteiger partial charge on any atom is 0.142 e. The van der Waals surface area contributed by atoms with Crippen LogP contribution in [-0.4, -0.2) is 21.6 Å². The van der Waals surface area contributed by atoms with E-state index in [1.54, 1.807) is 29.7 Å². The summed E-state index contributed by atoms with van der Waals surface area (Å²) in [7, 11) is 0. The minimum Gasteiger partial charge on any atom is -0.387 e. The van der Waals surface area contributed by atoms with Crippen molar-refractivity contribution >= 4 is 22.9 Å². The first-order chi connectivity index (χ1) is 11.2. The minimum absolute atomic E-state index is 0.471. The van der Waals surface area contributed by atoms with Gasteiger partial charge in [-0.2, -0.15) is 0 Å². The van der Waals surface area contributed by atoms with Crippen LogP contribution in [0.2, 0.25) is 5.02 Å². The van der Waals surface area contributed by atoms with Gasteiger partial charge in [0.2, 0.25) is 0 Å². The molecule has 1 atom stereocenters. The zero-order valence-corrected chi connectivity index (χ0v) is 13.9. The van der Waals surface area contributed by atoms with E-state index in [9.17, 15) is 5.11 Å². The van der Waals surface area contributed by atoms with Gasteiger partial charge in [0.05, 0.1) is 11.8 Å². The summed E-state index contributed by atoms with van der Waals surface area (Å²) in [6, 6.07) is 13.0. The van der Waals surface area contributed by atoms with E-state index >= 15 is 0 Å². The molecular weight excluding hydrogens is 330 g/mol. The van der Waals surface area contributed by atoms with Gasteiger partial charge >= 0.3 is 0 Å². The zero-order chi connectivity index (χ0) is 16.1. The van der Waals surface area contributed by atoms with Crippen LogP contribution in [0.5, 0.6) is 0 Å². The van der Waals surface area contributed by atoms with Gasteiger partial charge in [-0.05, 0) is 29.8 Å². The van der Waals surface area contributed by atoms with Crippen LogP contribution < -0.4 is 5.32 Å². The first-order valence-electron chi connectivity index (χ1n) is 7.23. The molecule has 23 heavy (non-hydrogen) atoms. The molecule has 2 heterocycles. The fourth-order valence-corrected chi connectivity index (χ4v) is 3.12. The van der Waals surface area contributed by atoms with Crippen molar-refractivity contribution in [2.24, 2.45) is 0 Å². The number of pyridine rings is 1. The molecule has 0 amide bonds. The maximum atomic E-state index is 10.1. The van der Waals surface area contributed by atoms with Crippen LogP contribution in [0.4, 0.5) is 0 Å². The molecule has 3 aromatic rings. The summed E-state index contributed by atoms with van der Waals surface area (Å²) < 4.78 is 0. The molecule has 1 aromatic carbocycles. The smallest absolute Gasteiger partial charge is 0.142 e. The maximum absolute atomic E-state index is 10.1. The molecule has 0 aliphatic rings. The van der Waals surface area contributed by atoms with Crippen molar-refractivity contribution in [3.05, 3.63) is 70.3 Å². The average molecular weight is 346 g/mol. The van der Waals surface area contributed by atoms with Gasteiger partial charge in [0, 0.05) is 35.4 Å². The second-order valence-corrected chi connectivity index (χ2v) is 6.60. The topological polar surface area (TPSA) is 58.0 Å². The molecule has 0 aliphatic heterocycles. The van der Waals surface area contributed by atoms with Crippen LogP contribution in [-0.2, 0) is 6.54 Å². The van der Waals surface area contributed by atoms with Crippen LogP contribution in [0.15, 0.2) is 54.9 Å². The Labute approximate surface area is 143 Å². The summed E-state index contributed by atoms with van der Waals surface area (Å²) in [4.78, 5) is 9.79. The van der Waals surface area contributed by atoms with E-state index in [4.69, 9.17) is 11.6 Å². The Kier molecular flexibility index (Phi) is 5.35. The second-order valence-electron chi connectivity index (χ2n) is 5.04. The van der Waals surface area contributed by atoms with Crippen molar-refractivity contribution in [1.82, 2.24) is 15.3 Å². The average Bonchev–Trinajstić information content (AvgIpc) is 3.05. The summed E-state index contributed by atoms with van der Waals surface area (Å²) in [5.74, 6) is 0. The number of aromatic nitrogens is 2. The molecule has 6 heteroatoms. The molecule has 4 nitrogen and oxygen atoms in total. The molecule has 0 saturated carbocycles. The molecule has 0 bridgehead atoms. The first kappa shape index (κ1) is 16.1. The Balaban J connectivity index is 1.53. The molecular formula is C17H16ClN3OS. The summed E-state index contributed by atoms with van der Waals surface area (Å²) >= 11 is 7.45. The number of hydrogen-bond donors (Lipinski definition) is 2. The summed E-state index contributed by atoms with van der Waals surface area (Å²) in [5, 5.41) is 15.0. The summed E-state index contributed by atoms with van der Waals surface area (Å²) in [6.07, 6.45) is 3.04. The summed E-state index contributed by atoms with van der Waals surface area (Å²) in [5.41, 5.74) is 1.73. The van der Waals surface area contributed by atoms with E-state index in [0.29, 0.717) is 18.1 Å². The van der Waals surface area contributed by atoms with Crippen LogP contribution in [0.3, 0.4) is 0 Å². The fraction of sp³-hybridized carbons (Fsp3) is 0.176. The quantitative estimate of drug-likeness (QED) is 0.715. The van der Waals surface area contributed by atoms with Crippen molar-refractivity contribution in [1.29, 1.82) is 0 Å². The Hall–Kier alpha value is -1.79. The third-order valence-electron chi connectivity index (χ3n) is 3.33. The van der Waals surface area contributed by atoms with Crippen molar-refractivity contribution < 1.29 is 5.11 Å². The summed E-state index contributed by atoms with van der Waals surface area (Å²) in [6.45, 7) is 1.13. The third kappa shape index (κ3) is 4.36. The fourth-order valence-electron chi connectivity index (χ4n) is 2.13. The number of halogens is 1. The predicted octanol–water partition coefficient (Wildman–Crippen LogP) is 3.68. The third-order valence-corrected chi connectivity index (χ3v) is 4.60. The van der Waals surface area contributed by atoms with E-state index in [-0.39, 0.29) is 0 Å². The van der Waals surface area contributed by atoms with E-state index in [1.165, 1.54) is 0 Å². The van der Waals surface area contributed by atoms with Crippen LogP contribution in [0, 0.1) is 0 Å².